The molecule has 0 fully saturated rings. The Balaban J connectivity index is 2.04. The molecule has 0 bridgehead atoms. The van der Waals surface area contributed by atoms with E-state index in [1.165, 1.54) is 18.3 Å². The van der Waals surface area contributed by atoms with Gasteiger partial charge in [0.2, 0.25) is 5.76 Å². The number of hydrogen-bond donors (Lipinski definition) is 3. The van der Waals surface area contributed by atoms with Crippen LogP contribution in [0.15, 0.2) is 35.0 Å². The molecule has 0 saturated heterocycles. The Morgan fingerprint density at radius 2 is 2.12 bits per heavy atom. The maximum Gasteiger partial charge on any atom is 0.312 e. The van der Waals surface area contributed by atoms with Crippen LogP contribution in [0.3, 0.4) is 0 Å². The molecule has 0 atom stereocenters. The number of carbonyl (C=O) groups is 1. The summed E-state index contributed by atoms with van der Waals surface area (Å²) in [7, 11) is 0. The summed E-state index contributed by atoms with van der Waals surface area (Å²) in [6.45, 7) is 1.28. The van der Waals surface area contributed by atoms with Crippen molar-refractivity contribution in [1.29, 1.82) is 0 Å². The minimum Gasteiger partial charge on any atom is -0.445 e. The van der Waals surface area contributed by atoms with Crippen LogP contribution >= 0.6 is 0 Å². The summed E-state index contributed by atoms with van der Waals surface area (Å²) in [6.07, 6.45) is 2.23. The third-order valence-electron chi connectivity index (χ3n) is 3.50. The number of furan rings is 1. The maximum absolute atomic E-state index is 14.2. The van der Waals surface area contributed by atoms with Crippen molar-refractivity contribution in [3.8, 4) is 0 Å². The third-order valence-corrected chi connectivity index (χ3v) is 3.50. The monoisotopic (exact) mass is 363 g/mol. The van der Waals surface area contributed by atoms with Gasteiger partial charge in [-0.3, -0.25) is 14.6 Å². The molecule has 1 aromatic carbocycles. The topological polar surface area (TPSA) is 96.6 Å². The van der Waals surface area contributed by atoms with Gasteiger partial charge in [-0.05, 0) is 24.6 Å². The molecule has 0 aliphatic rings. The van der Waals surface area contributed by atoms with E-state index in [9.17, 15) is 13.6 Å². The smallest absolute Gasteiger partial charge is 0.312 e. The number of aryl methyl sites for hydroxylation is 1. The first-order chi connectivity index (χ1) is 12.5. The van der Waals surface area contributed by atoms with E-state index in [4.69, 9.17) is 14.4 Å². The molecule has 0 unspecified atom stereocenters. The van der Waals surface area contributed by atoms with Gasteiger partial charge >= 0.3 is 5.91 Å². The molecule has 0 spiro atoms. The summed E-state index contributed by atoms with van der Waals surface area (Å²) < 4.78 is 33.4. The molecule has 2 aromatic heterocycles. The fourth-order valence-electron chi connectivity index (χ4n) is 2.33. The highest BCUT2D eigenvalue weighted by Crippen LogP contribution is 2.34. The van der Waals surface area contributed by atoms with Crippen LogP contribution in [-0.4, -0.2) is 29.2 Å². The maximum atomic E-state index is 14.2. The number of rotatable bonds is 6. The van der Waals surface area contributed by atoms with Gasteiger partial charge in [0.05, 0.1) is 30.5 Å². The number of pyridine rings is 1. The van der Waals surface area contributed by atoms with Crippen molar-refractivity contribution in [2.24, 2.45) is 0 Å². The van der Waals surface area contributed by atoms with Crippen molar-refractivity contribution in [3.63, 3.8) is 0 Å². The molecule has 136 valence electrons. The molecule has 3 aromatic rings. The quantitative estimate of drug-likeness (QED) is 0.460. The average molecular weight is 363 g/mol. The minimum atomic E-state index is -0.830. The zero-order chi connectivity index (χ0) is 18.7. The predicted molar refractivity (Wildman–Crippen MR) is 88.9 cm³/mol. The molecule has 9 heteroatoms. The van der Waals surface area contributed by atoms with Crippen LogP contribution in [-0.2, 0) is 4.84 Å². The van der Waals surface area contributed by atoms with Crippen LogP contribution in [0, 0.1) is 18.6 Å². The predicted octanol–water partition coefficient (Wildman–Crippen LogP) is 2.81. The first kappa shape index (κ1) is 17.8. The SMILES string of the molecule is Cc1ccc(Nc2c(C(=O)NOCCO)oc3c(F)cncc23)c(F)c1. The summed E-state index contributed by atoms with van der Waals surface area (Å²) in [5.41, 5.74) is 2.69. The van der Waals surface area contributed by atoms with E-state index in [0.717, 1.165) is 6.20 Å². The van der Waals surface area contributed by atoms with Gasteiger partial charge in [-0.2, -0.15) is 0 Å². The number of hydrogen-bond acceptors (Lipinski definition) is 6. The number of benzene rings is 1. The zero-order valence-corrected chi connectivity index (χ0v) is 13.7. The lowest BCUT2D eigenvalue weighted by molar-refractivity contribution is 0.0152. The van der Waals surface area contributed by atoms with Gasteiger partial charge in [-0.25, -0.2) is 14.3 Å². The van der Waals surface area contributed by atoms with Crippen molar-refractivity contribution in [3.05, 3.63) is 53.6 Å². The molecule has 7 nitrogen and oxygen atoms in total. The molecule has 0 aliphatic carbocycles. The van der Waals surface area contributed by atoms with Crippen molar-refractivity contribution < 1.29 is 27.9 Å². The lowest BCUT2D eigenvalue weighted by Gasteiger charge is -2.09. The fourth-order valence-corrected chi connectivity index (χ4v) is 2.33. The Morgan fingerprint density at radius 3 is 2.85 bits per heavy atom. The standard InChI is InChI=1S/C17H15F2N3O4/c1-9-2-3-13(11(18)6-9)21-14-10-7-20-8-12(19)15(10)26-16(14)17(24)22-25-5-4-23/h2-3,6-8,21,23H,4-5H2,1H3,(H,22,24). The van der Waals surface area contributed by atoms with Crippen molar-refractivity contribution in [2.75, 3.05) is 18.5 Å². The fraction of sp³-hybridized carbons (Fsp3) is 0.176. The van der Waals surface area contributed by atoms with Gasteiger partial charge < -0.3 is 14.8 Å². The van der Waals surface area contributed by atoms with Crippen LogP contribution in [0.1, 0.15) is 16.1 Å². The molecular formula is C17H15F2N3O4. The second-order valence-corrected chi connectivity index (χ2v) is 5.42. The number of aliphatic hydroxyl groups is 1. The lowest BCUT2D eigenvalue weighted by Crippen LogP contribution is -2.25. The zero-order valence-electron chi connectivity index (χ0n) is 13.7. The largest absolute Gasteiger partial charge is 0.445 e. The van der Waals surface area contributed by atoms with Crippen LogP contribution in [0.4, 0.5) is 20.2 Å². The summed E-state index contributed by atoms with van der Waals surface area (Å²) in [5.74, 6) is -2.47. The van der Waals surface area contributed by atoms with Gasteiger partial charge in [0.15, 0.2) is 11.4 Å². The average Bonchev–Trinajstić information content (AvgIpc) is 2.98. The van der Waals surface area contributed by atoms with Gasteiger partial charge in [0, 0.05) is 6.20 Å². The Bertz CT molecular complexity index is 959. The van der Waals surface area contributed by atoms with Crippen LogP contribution in [0.5, 0.6) is 0 Å². The molecule has 1 amide bonds. The summed E-state index contributed by atoms with van der Waals surface area (Å²) >= 11 is 0. The van der Waals surface area contributed by atoms with E-state index in [-0.39, 0.29) is 41.3 Å². The molecule has 26 heavy (non-hydrogen) atoms. The van der Waals surface area contributed by atoms with Gasteiger partial charge in [-0.1, -0.05) is 6.07 Å². The van der Waals surface area contributed by atoms with E-state index in [1.54, 1.807) is 13.0 Å². The number of hydroxylamine groups is 1. The second kappa shape index (κ2) is 7.46. The third kappa shape index (κ3) is 3.48. The van der Waals surface area contributed by atoms with Crippen LogP contribution < -0.4 is 10.8 Å². The first-order valence-electron chi connectivity index (χ1n) is 7.63. The number of aromatic nitrogens is 1. The highest BCUT2D eigenvalue weighted by molar-refractivity contribution is 6.06. The van der Waals surface area contributed by atoms with Crippen LogP contribution in [0.2, 0.25) is 0 Å². The number of nitrogens with zero attached hydrogens (tertiary/aromatic N) is 1. The minimum absolute atomic E-state index is 0.0415. The highest BCUT2D eigenvalue weighted by atomic mass is 19.1. The number of nitrogens with one attached hydrogen (secondary N) is 2. The Kier molecular flexibility index (Phi) is 5.10. The van der Waals surface area contributed by atoms with E-state index >= 15 is 0 Å². The van der Waals surface area contributed by atoms with E-state index < -0.39 is 17.5 Å². The molecule has 2 heterocycles. The Hall–Kier alpha value is -3.04. The highest BCUT2D eigenvalue weighted by Gasteiger charge is 2.24. The molecule has 0 saturated carbocycles. The normalized spacial score (nSPS) is 10.9. The summed E-state index contributed by atoms with van der Waals surface area (Å²) in [5, 5.41) is 11.6. The molecule has 3 N–H and O–H groups in total. The van der Waals surface area contributed by atoms with E-state index in [1.807, 2.05) is 0 Å². The van der Waals surface area contributed by atoms with Crippen molar-refractivity contribution in [1.82, 2.24) is 10.5 Å². The van der Waals surface area contributed by atoms with Crippen molar-refractivity contribution in [2.45, 2.75) is 6.92 Å². The van der Waals surface area contributed by atoms with Gasteiger partial charge in [0.1, 0.15) is 11.5 Å². The molecular weight excluding hydrogens is 348 g/mol. The number of amides is 1. The van der Waals surface area contributed by atoms with Gasteiger partial charge in [-0.15, -0.1) is 0 Å². The molecule has 3 rings (SSSR count). The number of fused-ring (bicyclic) bond motifs is 1. The number of halogens is 2. The van der Waals surface area contributed by atoms with Gasteiger partial charge in [0.25, 0.3) is 0 Å². The van der Waals surface area contributed by atoms with E-state index in [0.29, 0.717) is 5.56 Å². The lowest BCUT2D eigenvalue weighted by atomic mass is 10.2. The second-order valence-electron chi connectivity index (χ2n) is 5.42. The molecule has 0 radical (unpaired) electrons. The summed E-state index contributed by atoms with van der Waals surface area (Å²) in [6, 6.07) is 4.48. The van der Waals surface area contributed by atoms with Crippen molar-refractivity contribution >= 4 is 28.3 Å². The Labute approximate surface area is 146 Å². The molecule has 0 aliphatic heterocycles. The van der Waals surface area contributed by atoms with Crippen LogP contribution in [0.25, 0.3) is 11.0 Å². The number of anilines is 2. The van der Waals surface area contributed by atoms with E-state index in [2.05, 4.69) is 15.8 Å². The number of carbonyl (C=O) groups excluding carboxylic acids is 1. The number of aliphatic hydroxyl groups excluding tert-OH is 1. The first-order valence-corrected chi connectivity index (χ1v) is 7.63. The Morgan fingerprint density at radius 1 is 1.31 bits per heavy atom. The summed E-state index contributed by atoms with van der Waals surface area (Å²) in [4.78, 5) is 20.7.